The van der Waals surface area contributed by atoms with Crippen LogP contribution in [0.15, 0.2) is 24.3 Å². The van der Waals surface area contributed by atoms with Crippen LogP contribution in [-0.2, 0) is 6.54 Å². The third-order valence-electron chi connectivity index (χ3n) is 4.33. The molecule has 1 heterocycles. The van der Waals surface area contributed by atoms with Crippen LogP contribution in [0.1, 0.15) is 25.3 Å². The highest BCUT2D eigenvalue weighted by Gasteiger charge is 2.25. The van der Waals surface area contributed by atoms with Crippen LogP contribution in [0.2, 0.25) is 0 Å². The lowest BCUT2D eigenvalue weighted by molar-refractivity contribution is 0.127. The van der Waals surface area contributed by atoms with Crippen LogP contribution in [0.3, 0.4) is 0 Å². The van der Waals surface area contributed by atoms with Crippen LogP contribution in [0, 0.1) is 17.2 Å². The first-order valence-corrected chi connectivity index (χ1v) is 7.67. The predicted octanol–water partition coefficient (Wildman–Crippen LogP) is 2.24. The maximum Gasteiger partial charge on any atom is 0.0640 e. The molecule has 0 bridgehead atoms. The number of anilines is 1. The van der Waals surface area contributed by atoms with Crippen molar-refractivity contribution in [2.75, 3.05) is 31.6 Å². The number of nitrogens with zero attached hydrogens (tertiary/aromatic N) is 3. The maximum atomic E-state index is 9.65. The Hall–Kier alpha value is -1.57. The van der Waals surface area contributed by atoms with Gasteiger partial charge in [0.1, 0.15) is 0 Å². The topological polar surface area (TPSA) is 50.5 Å². The molecular formula is C17H25N3O. The Morgan fingerprint density at radius 2 is 2.14 bits per heavy atom. The quantitative estimate of drug-likeness (QED) is 0.872. The zero-order valence-corrected chi connectivity index (χ0v) is 13.0. The van der Waals surface area contributed by atoms with Gasteiger partial charge in [0.05, 0.1) is 18.6 Å². The Balaban J connectivity index is 1.87. The molecule has 1 fully saturated rings. The standard InChI is InChI=1S/C17H25N3O/c1-14(21)16-8-11-20(13-16)12-15-4-6-17(7-5-15)19(2)10-3-9-18/h4-7,14,16,21H,3,8,10-13H2,1-2H3. The van der Waals surface area contributed by atoms with Gasteiger partial charge in [0.15, 0.2) is 0 Å². The van der Waals surface area contributed by atoms with E-state index in [-0.39, 0.29) is 6.10 Å². The third-order valence-corrected chi connectivity index (χ3v) is 4.33. The molecule has 2 unspecified atom stereocenters. The highest BCUT2D eigenvalue weighted by molar-refractivity contribution is 5.46. The van der Waals surface area contributed by atoms with E-state index in [0.29, 0.717) is 12.3 Å². The fourth-order valence-electron chi connectivity index (χ4n) is 2.86. The Kier molecular flexibility index (Phi) is 5.60. The molecule has 0 radical (unpaired) electrons. The average Bonchev–Trinajstić information content (AvgIpc) is 2.94. The van der Waals surface area contributed by atoms with E-state index in [2.05, 4.69) is 40.1 Å². The number of aliphatic hydroxyl groups is 1. The number of aliphatic hydroxyl groups excluding tert-OH is 1. The lowest BCUT2D eigenvalue weighted by Crippen LogP contribution is -2.24. The van der Waals surface area contributed by atoms with Gasteiger partial charge in [-0.1, -0.05) is 12.1 Å². The van der Waals surface area contributed by atoms with E-state index in [0.717, 1.165) is 38.3 Å². The smallest absolute Gasteiger partial charge is 0.0640 e. The molecule has 2 rings (SSSR count). The highest BCUT2D eigenvalue weighted by atomic mass is 16.3. The maximum absolute atomic E-state index is 9.65. The molecule has 4 heteroatoms. The molecule has 4 nitrogen and oxygen atoms in total. The van der Waals surface area contributed by atoms with E-state index in [4.69, 9.17) is 5.26 Å². The number of hydrogen-bond donors (Lipinski definition) is 1. The summed E-state index contributed by atoms with van der Waals surface area (Å²) < 4.78 is 0. The van der Waals surface area contributed by atoms with Crippen molar-refractivity contribution in [2.45, 2.75) is 32.4 Å². The molecule has 0 spiro atoms. The lowest BCUT2D eigenvalue weighted by Gasteiger charge is -2.20. The van der Waals surface area contributed by atoms with Crippen LogP contribution in [0.25, 0.3) is 0 Å². The van der Waals surface area contributed by atoms with Crippen LogP contribution in [-0.4, -0.2) is 42.8 Å². The average molecular weight is 287 g/mol. The Morgan fingerprint density at radius 1 is 1.43 bits per heavy atom. The summed E-state index contributed by atoms with van der Waals surface area (Å²) in [5.41, 5.74) is 2.45. The summed E-state index contributed by atoms with van der Waals surface area (Å²) in [7, 11) is 2.01. The van der Waals surface area contributed by atoms with Gasteiger partial charge in [0.2, 0.25) is 0 Å². The van der Waals surface area contributed by atoms with Crippen LogP contribution < -0.4 is 4.90 Å². The molecule has 1 saturated heterocycles. The minimum absolute atomic E-state index is 0.203. The predicted molar refractivity (Wildman–Crippen MR) is 85.0 cm³/mol. The van der Waals surface area contributed by atoms with Crippen LogP contribution in [0.4, 0.5) is 5.69 Å². The number of hydrogen-bond acceptors (Lipinski definition) is 4. The molecule has 1 N–H and O–H groups in total. The molecule has 1 aromatic rings. The molecule has 1 aliphatic rings. The molecule has 114 valence electrons. The third kappa shape index (κ3) is 4.45. The number of nitriles is 1. The summed E-state index contributed by atoms with van der Waals surface area (Å²) >= 11 is 0. The summed E-state index contributed by atoms with van der Waals surface area (Å²) in [4.78, 5) is 4.51. The van der Waals surface area contributed by atoms with Gasteiger partial charge in [0, 0.05) is 32.4 Å². The number of benzene rings is 1. The van der Waals surface area contributed by atoms with Crippen LogP contribution in [0.5, 0.6) is 0 Å². The SMILES string of the molecule is CC(O)C1CCN(Cc2ccc(N(C)CCC#N)cc2)C1. The largest absolute Gasteiger partial charge is 0.393 e. The molecule has 0 aliphatic carbocycles. The van der Waals surface area contributed by atoms with Crippen molar-refractivity contribution in [3.63, 3.8) is 0 Å². The molecule has 1 aliphatic heterocycles. The minimum atomic E-state index is -0.203. The van der Waals surface area contributed by atoms with Gasteiger partial charge in [-0.3, -0.25) is 4.90 Å². The summed E-state index contributed by atoms with van der Waals surface area (Å²) in [5.74, 6) is 0.418. The second-order valence-corrected chi connectivity index (χ2v) is 6.02. The first kappa shape index (κ1) is 15.8. The van der Waals surface area contributed by atoms with Gasteiger partial charge < -0.3 is 10.0 Å². The molecule has 1 aromatic carbocycles. The monoisotopic (exact) mass is 287 g/mol. The summed E-state index contributed by atoms with van der Waals surface area (Å²) in [6.07, 6.45) is 1.44. The second-order valence-electron chi connectivity index (χ2n) is 6.02. The number of likely N-dealkylation sites (tertiary alicyclic amines) is 1. The minimum Gasteiger partial charge on any atom is -0.393 e. The second kappa shape index (κ2) is 7.44. The molecular weight excluding hydrogens is 262 g/mol. The van der Waals surface area contributed by atoms with E-state index in [1.807, 2.05) is 14.0 Å². The molecule has 2 atom stereocenters. The normalized spacial score (nSPS) is 20.2. The Bertz CT molecular complexity index is 478. The molecule has 21 heavy (non-hydrogen) atoms. The van der Waals surface area contributed by atoms with Crippen molar-refractivity contribution in [3.8, 4) is 6.07 Å². The summed E-state index contributed by atoms with van der Waals surface area (Å²) in [5, 5.41) is 18.3. The van der Waals surface area contributed by atoms with Crippen LogP contribution >= 0.6 is 0 Å². The number of rotatable bonds is 6. The van der Waals surface area contributed by atoms with E-state index >= 15 is 0 Å². The summed E-state index contributed by atoms with van der Waals surface area (Å²) in [6, 6.07) is 10.7. The lowest BCUT2D eigenvalue weighted by atomic mass is 10.0. The molecule has 0 aromatic heterocycles. The fraction of sp³-hybridized carbons (Fsp3) is 0.588. The molecule has 0 amide bonds. The first-order chi connectivity index (χ1) is 10.1. The summed E-state index contributed by atoms with van der Waals surface area (Å²) in [6.45, 7) is 5.66. The zero-order valence-electron chi connectivity index (χ0n) is 13.0. The van der Waals surface area contributed by atoms with Crippen molar-refractivity contribution < 1.29 is 5.11 Å². The Labute approximate surface area is 127 Å². The van der Waals surface area contributed by atoms with E-state index in [1.165, 1.54) is 5.56 Å². The van der Waals surface area contributed by atoms with Gasteiger partial charge in [-0.05, 0) is 43.5 Å². The van der Waals surface area contributed by atoms with E-state index in [1.54, 1.807) is 0 Å². The van der Waals surface area contributed by atoms with Gasteiger partial charge in [-0.15, -0.1) is 0 Å². The van der Waals surface area contributed by atoms with Gasteiger partial charge >= 0.3 is 0 Å². The Morgan fingerprint density at radius 3 is 2.71 bits per heavy atom. The van der Waals surface area contributed by atoms with Gasteiger partial charge in [-0.2, -0.15) is 5.26 Å². The van der Waals surface area contributed by atoms with Crippen molar-refractivity contribution in [3.05, 3.63) is 29.8 Å². The van der Waals surface area contributed by atoms with E-state index in [9.17, 15) is 5.11 Å². The first-order valence-electron chi connectivity index (χ1n) is 7.67. The van der Waals surface area contributed by atoms with Crippen molar-refractivity contribution in [2.24, 2.45) is 5.92 Å². The van der Waals surface area contributed by atoms with E-state index < -0.39 is 0 Å². The molecule has 0 saturated carbocycles. The van der Waals surface area contributed by atoms with Gasteiger partial charge in [0.25, 0.3) is 0 Å². The van der Waals surface area contributed by atoms with Crippen molar-refractivity contribution in [1.82, 2.24) is 4.90 Å². The van der Waals surface area contributed by atoms with Gasteiger partial charge in [-0.25, -0.2) is 0 Å². The zero-order chi connectivity index (χ0) is 15.2. The fourth-order valence-corrected chi connectivity index (χ4v) is 2.86. The van der Waals surface area contributed by atoms with Crippen molar-refractivity contribution in [1.29, 1.82) is 5.26 Å². The highest BCUT2D eigenvalue weighted by Crippen LogP contribution is 2.22. The van der Waals surface area contributed by atoms with Crippen molar-refractivity contribution >= 4 is 5.69 Å².